The number of benzene rings is 1. The minimum absolute atomic E-state index is 0.0405. The second kappa shape index (κ2) is 9.33. The monoisotopic (exact) mass is 334 g/mol. The van der Waals surface area contributed by atoms with Crippen molar-refractivity contribution in [1.82, 2.24) is 9.80 Å². The van der Waals surface area contributed by atoms with Crippen LogP contribution < -0.4 is 0 Å². The molecular weight excluding hydrogens is 304 g/mol. The molecule has 1 heterocycles. The molecule has 0 saturated carbocycles. The largest absolute Gasteiger partial charge is 0.344 e. The minimum atomic E-state index is 0.0405. The van der Waals surface area contributed by atoms with E-state index in [1.165, 1.54) is 31.5 Å². The van der Waals surface area contributed by atoms with Crippen LogP contribution in [0.5, 0.6) is 0 Å². The van der Waals surface area contributed by atoms with Crippen LogP contribution in [0.25, 0.3) is 0 Å². The number of carbonyl (C=O) groups excluding carboxylic acids is 1. The summed E-state index contributed by atoms with van der Waals surface area (Å²) in [5, 5.41) is 0.0405. The lowest BCUT2D eigenvalue weighted by atomic mass is 10.1. The second-order valence-electron chi connectivity index (χ2n) is 6.77. The fourth-order valence-electron chi connectivity index (χ4n) is 2.93. The molecule has 1 unspecified atom stereocenters. The third-order valence-corrected chi connectivity index (χ3v) is 6.05. The highest BCUT2D eigenvalue weighted by Crippen LogP contribution is 2.25. The fourth-order valence-corrected chi connectivity index (χ4v) is 4.21. The van der Waals surface area contributed by atoms with Gasteiger partial charge in [-0.2, -0.15) is 0 Å². The van der Waals surface area contributed by atoms with Crippen LogP contribution in [0.4, 0.5) is 0 Å². The third-order valence-electron chi connectivity index (χ3n) is 4.45. The van der Waals surface area contributed by atoms with Crippen molar-refractivity contribution >= 4 is 17.7 Å². The summed E-state index contributed by atoms with van der Waals surface area (Å²) in [7, 11) is 1.96. The van der Waals surface area contributed by atoms with Crippen molar-refractivity contribution in [3.63, 3.8) is 0 Å². The molecule has 3 nitrogen and oxygen atoms in total. The normalized spacial score (nSPS) is 16.7. The summed E-state index contributed by atoms with van der Waals surface area (Å²) >= 11 is 1.77. The van der Waals surface area contributed by atoms with E-state index in [0.717, 1.165) is 18.8 Å². The number of amides is 1. The van der Waals surface area contributed by atoms with E-state index in [9.17, 15) is 4.79 Å². The molecule has 1 fully saturated rings. The predicted octanol–water partition coefficient (Wildman–Crippen LogP) is 3.50. The zero-order valence-corrected chi connectivity index (χ0v) is 15.5. The van der Waals surface area contributed by atoms with Gasteiger partial charge in [0.05, 0.1) is 5.25 Å². The number of carbonyl (C=O) groups is 1. The third kappa shape index (κ3) is 5.85. The van der Waals surface area contributed by atoms with E-state index in [-0.39, 0.29) is 11.2 Å². The molecule has 23 heavy (non-hydrogen) atoms. The van der Waals surface area contributed by atoms with Gasteiger partial charge in [-0.05, 0) is 37.4 Å². The number of hydrogen-bond donors (Lipinski definition) is 0. The molecule has 1 aliphatic rings. The Kier molecular flexibility index (Phi) is 7.44. The maximum atomic E-state index is 12.8. The van der Waals surface area contributed by atoms with Crippen LogP contribution in [0.15, 0.2) is 30.3 Å². The molecule has 0 N–H and O–H groups in total. The zero-order valence-electron chi connectivity index (χ0n) is 14.7. The number of hydrogen-bond acceptors (Lipinski definition) is 3. The van der Waals surface area contributed by atoms with Crippen LogP contribution in [-0.2, 0) is 10.5 Å². The van der Waals surface area contributed by atoms with Gasteiger partial charge in [0.2, 0.25) is 5.91 Å². The maximum Gasteiger partial charge on any atom is 0.235 e. The predicted molar refractivity (Wildman–Crippen MR) is 99.7 cm³/mol. The summed E-state index contributed by atoms with van der Waals surface area (Å²) in [6.45, 7) is 8.53. The maximum absolute atomic E-state index is 12.8. The fraction of sp³-hybridized carbons (Fsp3) is 0.632. The molecule has 1 aromatic carbocycles. The van der Waals surface area contributed by atoms with E-state index in [4.69, 9.17) is 0 Å². The average Bonchev–Trinajstić information content (AvgIpc) is 3.06. The zero-order chi connectivity index (χ0) is 16.7. The Balaban J connectivity index is 1.83. The summed E-state index contributed by atoms with van der Waals surface area (Å²) in [4.78, 5) is 17.2. The van der Waals surface area contributed by atoms with E-state index >= 15 is 0 Å². The molecule has 4 heteroatoms. The summed E-state index contributed by atoms with van der Waals surface area (Å²) in [6.07, 6.45) is 2.61. The van der Waals surface area contributed by atoms with E-state index in [0.29, 0.717) is 5.92 Å². The van der Waals surface area contributed by atoms with Gasteiger partial charge in [0, 0.05) is 25.9 Å². The van der Waals surface area contributed by atoms with Crippen molar-refractivity contribution in [1.29, 1.82) is 0 Å². The quantitative estimate of drug-likeness (QED) is 0.727. The van der Waals surface area contributed by atoms with Crippen molar-refractivity contribution in [2.24, 2.45) is 5.92 Å². The van der Waals surface area contributed by atoms with Gasteiger partial charge >= 0.3 is 0 Å². The Bertz CT molecular complexity index is 472. The summed E-state index contributed by atoms with van der Waals surface area (Å²) < 4.78 is 0. The highest BCUT2D eigenvalue weighted by molar-refractivity contribution is 7.99. The molecule has 0 spiro atoms. The molecule has 1 saturated heterocycles. The Morgan fingerprint density at radius 1 is 1.22 bits per heavy atom. The van der Waals surface area contributed by atoms with Crippen molar-refractivity contribution in [2.75, 3.05) is 33.2 Å². The van der Waals surface area contributed by atoms with Gasteiger partial charge < -0.3 is 9.80 Å². The molecule has 0 bridgehead atoms. The molecule has 0 aliphatic carbocycles. The number of likely N-dealkylation sites (tertiary alicyclic amines) is 1. The first-order valence-electron chi connectivity index (χ1n) is 8.71. The summed E-state index contributed by atoms with van der Waals surface area (Å²) in [5.74, 6) is 1.53. The molecule has 0 aromatic heterocycles. The van der Waals surface area contributed by atoms with E-state index in [1.54, 1.807) is 11.8 Å². The van der Waals surface area contributed by atoms with Crippen molar-refractivity contribution in [3.8, 4) is 0 Å². The number of thioether (sulfide) groups is 1. The van der Waals surface area contributed by atoms with Gasteiger partial charge in [0.15, 0.2) is 0 Å². The number of likely N-dealkylation sites (N-methyl/N-ethyl adjacent to an activating group) is 1. The summed E-state index contributed by atoms with van der Waals surface area (Å²) in [5.41, 5.74) is 1.29. The van der Waals surface area contributed by atoms with Gasteiger partial charge in [-0.15, -0.1) is 11.8 Å². The molecular formula is C19H30N2OS. The number of nitrogens with zero attached hydrogens (tertiary/aromatic N) is 2. The molecule has 1 atom stereocenters. The van der Waals surface area contributed by atoms with E-state index < -0.39 is 0 Å². The summed E-state index contributed by atoms with van der Waals surface area (Å²) in [6, 6.07) is 10.4. The smallest absolute Gasteiger partial charge is 0.235 e. The lowest BCUT2D eigenvalue weighted by Gasteiger charge is -2.27. The molecule has 1 amide bonds. The molecule has 1 aliphatic heterocycles. The van der Waals surface area contributed by atoms with Crippen molar-refractivity contribution < 1.29 is 4.79 Å². The Hall–Kier alpha value is -1.00. The van der Waals surface area contributed by atoms with Crippen molar-refractivity contribution in [3.05, 3.63) is 35.9 Å². The molecule has 2 rings (SSSR count). The first kappa shape index (κ1) is 18.3. The number of rotatable bonds is 8. The van der Waals surface area contributed by atoms with Crippen LogP contribution >= 0.6 is 11.8 Å². The minimum Gasteiger partial charge on any atom is -0.344 e. The average molecular weight is 335 g/mol. The van der Waals surface area contributed by atoms with Gasteiger partial charge in [0.25, 0.3) is 0 Å². The van der Waals surface area contributed by atoms with Gasteiger partial charge in [-0.1, -0.05) is 44.2 Å². The highest BCUT2D eigenvalue weighted by Gasteiger charge is 2.26. The molecule has 1 aromatic rings. The van der Waals surface area contributed by atoms with Gasteiger partial charge in [-0.3, -0.25) is 4.79 Å². The Morgan fingerprint density at radius 2 is 1.87 bits per heavy atom. The van der Waals surface area contributed by atoms with Crippen LogP contribution in [0.2, 0.25) is 0 Å². The standard InChI is InChI=1S/C19H30N2OS/c1-16(2)18(23-15-17-9-5-4-6-10-17)19(22)20(3)13-14-21-11-7-8-12-21/h4-6,9-10,16,18H,7-8,11-15H2,1-3H3. The first-order valence-corrected chi connectivity index (χ1v) is 9.75. The van der Waals surface area contributed by atoms with E-state index in [1.807, 2.05) is 18.0 Å². The van der Waals surface area contributed by atoms with E-state index in [2.05, 4.69) is 43.0 Å². The highest BCUT2D eigenvalue weighted by atomic mass is 32.2. The Morgan fingerprint density at radius 3 is 2.48 bits per heavy atom. The van der Waals surface area contributed by atoms with Crippen LogP contribution in [0, 0.1) is 5.92 Å². The second-order valence-corrected chi connectivity index (χ2v) is 7.90. The lowest BCUT2D eigenvalue weighted by Crippen LogP contribution is -2.41. The topological polar surface area (TPSA) is 23.6 Å². The molecule has 0 radical (unpaired) electrons. The van der Waals surface area contributed by atoms with Gasteiger partial charge in [-0.25, -0.2) is 0 Å². The molecule has 128 valence electrons. The van der Waals surface area contributed by atoms with Crippen LogP contribution in [0.3, 0.4) is 0 Å². The van der Waals surface area contributed by atoms with Gasteiger partial charge in [0.1, 0.15) is 0 Å². The van der Waals surface area contributed by atoms with Crippen molar-refractivity contribution in [2.45, 2.75) is 37.7 Å². The lowest BCUT2D eigenvalue weighted by molar-refractivity contribution is -0.130. The van der Waals surface area contributed by atoms with Crippen LogP contribution in [-0.4, -0.2) is 54.2 Å². The van der Waals surface area contributed by atoms with Crippen LogP contribution in [0.1, 0.15) is 32.3 Å². The SMILES string of the molecule is CC(C)C(SCc1ccccc1)C(=O)N(C)CCN1CCCC1. The Labute approximate surface area is 145 Å². The first-order chi connectivity index (χ1) is 11.1.